The number of likely N-dealkylation sites (tertiary alicyclic amines) is 1. The third-order valence-corrected chi connectivity index (χ3v) is 2.89. The molecular formula is C11H15N5O2. The second kappa shape index (κ2) is 4.34. The SMILES string of the molecule is CC1(C)CC(=O)N(Cc2cnc(NN)cn2)C1=O. The number of carbonyl (C=O) groups excluding carboxylic acids is 2. The van der Waals surface area contributed by atoms with E-state index in [0.717, 1.165) is 0 Å². The molecule has 7 heteroatoms. The van der Waals surface area contributed by atoms with Crippen LogP contribution in [0.25, 0.3) is 0 Å². The average molecular weight is 249 g/mol. The van der Waals surface area contributed by atoms with E-state index >= 15 is 0 Å². The molecule has 96 valence electrons. The normalized spacial score (nSPS) is 18.3. The Hall–Kier alpha value is -2.02. The van der Waals surface area contributed by atoms with Gasteiger partial charge in [-0.2, -0.15) is 0 Å². The van der Waals surface area contributed by atoms with Gasteiger partial charge in [-0.1, -0.05) is 13.8 Å². The summed E-state index contributed by atoms with van der Waals surface area (Å²) >= 11 is 0. The van der Waals surface area contributed by atoms with Crippen molar-refractivity contribution in [2.45, 2.75) is 26.8 Å². The van der Waals surface area contributed by atoms with Crippen LogP contribution >= 0.6 is 0 Å². The van der Waals surface area contributed by atoms with E-state index in [0.29, 0.717) is 11.5 Å². The van der Waals surface area contributed by atoms with Gasteiger partial charge in [0.1, 0.15) is 0 Å². The van der Waals surface area contributed by atoms with Gasteiger partial charge in [0, 0.05) is 6.42 Å². The molecule has 18 heavy (non-hydrogen) atoms. The van der Waals surface area contributed by atoms with Gasteiger partial charge in [-0.05, 0) is 0 Å². The van der Waals surface area contributed by atoms with E-state index in [9.17, 15) is 9.59 Å². The van der Waals surface area contributed by atoms with Crippen molar-refractivity contribution in [2.24, 2.45) is 11.3 Å². The van der Waals surface area contributed by atoms with Crippen LogP contribution in [0.15, 0.2) is 12.4 Å². The van der Waals surface area contributed by atoms with Gasteiger partial charge in [-0.15, -0.1) is 0 Å². The van der Waals surface area contributed by atoms with Crippen LogP contribution in [0.5, 0.6) is 0 Å². The topological polar surface area (TPSA) is 101 Å². The first kappa shape index (κ1) is 12.4. The van der Waals surface area contributed by atoms with Crippen LogP contribution in [0.4, 0.5) is 5.82 Å². The van der Waals surface area contributed by atoms with E-state index in [1.807, 2.05) is 0 Å². The van der Waals surface area contributed by atoms with Crippen molar-refractivity contribution in [1.29, 1.82) is 0 Å². The lowest BCUT2D eigenvalue weighted by Gasteiger charge is -2.17. The molecular weight excluding hydrogens is 234 g/mol. The minimum absolute atomic E-state index is 0.152. The molecule has 0 unspecified atom stereocenters. The predicted octanol–water partition coefficient (Wildman–Crippen LogP) is 0.0473. The van der Waals surface area contributed by atoms with Crippen LogP contribution in [0.1, 0.15) is 26.0 Å². The lowest BCUT2D eigenvalue weighted by Crippen LogP contribution is -2.32. The Kier molecular flexibility index (Phi) is 3.00. The Morgan fingerprint density at radius 1 is 1.39 bits per heavy atom. The summed E-state index contributed by atoms with van der Waals surface area (Å²) < 4.78 is 0. The van der Waals surface area contributed by atoms with Crippen LogP contribution in [-0.4, -0.2) is 26.7 Å². The number of nitrogens with one attached hydrogen (secondary N) is 1. The standard InChI is InChI=1S/C11H15N5O2/c1-11(2)3-9(17)16(10(11)18)6-7-4-14-8(15-12)5-13-7/h4-5H,3,6,12H2,1-2H3,(H,14,15). The van der Waals surface area contributed by atoms with E-state index in [1.54, 1.807) is 13.8 Å². The quantitative estimate of drug-likeness (QED) is 0.446. The van der Waals surface area contributed by atoms with Crippen LogP contribution in [0, 0.1) is 5.41 Å². The maximum Gasteiger partial charge on any atom is 0.235 e. The number of hydrogen-bond acceptors (Lipinski definition) is 6. The molecule has 0 spiro atoms. The van der Waals surface area contributed by atoms with Gasteiger partial charge in [0.25, 0.3) is 0 Å². The number of amides is 2. The molecule has 0 bridgehead atoms. The summed E-state index contributed by atoms with van der Waals surface area (Å²) in [6.45, 7) is 3.68. The Bertz CT molecular complexity index is 483. The number of nitrogens with two attached hydrogens (primary N) is 1. The zero-order valence-electron chi connectivity index (χ0n) is 10.3. The van der Waals surface area contributed by atoms with E-state index in [-0.39, 0.29) is 24.8 Å². The molecule has 7 nitrogen and oxygen atoms in total. The Labute approximate surface area is 104 Å². The van der Waals surface area contributed by atoms with Gasteiger partial charge >= 0.3 is 0 Å². The molecule has 1 aromatic rings. The minimum Gasteiger partial charge on any atom is -0.307 e. The number of imide groups is 1. The third kappa shape index (κ3) is 2.17. The smallest absolute Gasteiger partial charge is 0.235 e. The van der Waals surface area contributed by atoms with E-state index in [2.05, 4.69) is 15.4 Å². The zero-order valence-corrected chi connectivity index (χ0v) is 10.3. The van der Waals surface area contributed by atoms with Crippen molar-refractivity contribution in [3.05, 3.63) is 18.1 Å². The van der Waals surface area contributed by atoms with Gasteiger partial charge in [0.15, 0.2) is 5.82 Å². The highest BCUT2D eigenvalue weighted by atomic mass is 16.2. The van der Waals surface area contributed by atoms with Gasteiger partial charge < -0.3 is 5.43 Å². The number of hydrazine groups is 1. The molecule has 0 radical (unpaired) electrons. The second-order valence-corrected chi connectivity index (χ2v) is 4.88. The molecule has 0 aliphatic carbocycles. The fourth-order valence-electron chi connectivity index (χ4n) is 1.86. The molecule has 2 amide bonds. The fraction of sp³-hybridized carbons (Fsp3) is 0.455. The van der Waals surface area contributed by atoms with Gasteiger partial charge in [-0.3, -0.25) is 19.5 Å². The van der Waals surface area contributed by atoms with Crippen LogP contribution < -0.4 is 11.3 Å². The van der Waals surface area contributed by atoms with Crippen LogP contribution in [0.2, 0.25) is 0 Å². The summed E-state index contributed by atoms with van der Waals surface area (Å²) in [5, 5.41) is 0. The number of hydrogen-bond donors (Lipinski definition) is 2. The number of anilines is 1. The average Bonchev–Trinajstić information content (AvgIpc) is 2.52. The first-order chi connectivity index (χ1) is 8.44. The number of nitrogen functional groups attached to an aromatic ring is 1. The fourth-order valence-corrected chi connectivity index (χ4v) is 1.86. The zero-order chi connectivity index (χ0) is 13.3. The monoisotopic (exact) mass is 249 g/mol. The summed E-state index contributed by atoms with van der Waals surface area (Å²) in [5.41, 5.74) is 2.29. The Balaban J connectivity index is 2.14. The molecule has 2 rings (SSSR count). The molecule has 0 saturated carbocycles. The molecule has 1 aliphatic heterocycles. The van der Waals surface area contributed by atoms with E-state index < -0.39 is 5.41 Å². The third-order valence-electron chi connectivity index (χ3n) is 2.89. The number of carbonyl (C=O) groups is 2. The minimum atomic E-state index is -0.622. The first-order valence-electron chi connectivity index (χ1n) is 5.56. The molecule has 1 saturated heterocycles. The van der Waals surface area contributed by atoms with Crippen LogP contribution in [-0.2, 0) is 16.1 Å². The molecule has 3 N–H and O–H groups in total. The summed E-state index contributed by atoms with van der Waals surface area (Å²) in [5.74, 6) is 5.26. The first-order valence-corrected chi connectivity index (χ1v) is 5.56. The highest BCUT2D eigenvalue weighted by Gasteiger charge is 2.44. The largest absolute Gasteiger partial charge is 0.307 e. The number of rotatable bonds is 3. The lowest BCUT2D eigenvalue weighted by molar-refractivity contribution is -0.141. The summed E-state index contributed by atoms with van der Waals surface area (Å²) in [7, 11) is 0. The molecule has 2 heterocycles. The second-order valence-electron chi connectivity index (χ2n) is 4.88. The Morgan fingerprint density at radius 2 is 2.11 bits per heavy atom. The number of aromatic nitrogens is 2. The number of nitrogens with zero attached hydrogens (tertiary/aromatic N) is 3. The van der Waals surface area contributed by atoms with E-state index in [1.165, 1.54) is 17.3 Å². The summed E-state index contributed by atoms with van der Waals surface area (Å²) in [6.07, 6.45) is 3.17. The molecule has 1 fully saturated rings. The van der Waals surface area contributed by atoms with Crippen molar-refractivity contribution in [1.82, 2.24) is 14.9 Å². The predicted molar refractivity (Wildman–Crippen MR) is 63.8 cm³/mol. The van der Waals surface area contributed by atoms with Gasteiger partial charge in [0.05, 0.1) is 30.0 Å². The lowest BCUT2D eigenvalue weighted by atomic mass is 9.92. The van der Waals surface area contributed by atoms with Crippen molar-refractivity contribution in [3.63, 3.8) is 0 Å². The molecule has 0 aromatic carbocycles. The van der Waals surface area contributed by atoms with Crippen molar-refractivity contribution < 1.29 is 9.59 Å². The maximum atomic E-state index is 12.0. The van der Waals surface area contributed by atoms with E-state index in [4.69, 9.17) is 5.84 Å². The van der Waals surface area contributed by atoms with Crippen LogP contribution in [0.3, 0.4) is 0 Å². The molecule has 1 aromatic heterocycles. The summed E-state index contributed by atoms with van der Waals surface area (Å²) in [4.78, 5) is 33.0. The van der Waals surface area contributed by atoms with Crippen molar-refractivity contribution in [2.75, 3.05) is 5.43 Å². The van der Waals surface area contributed by atoms with Crippen molar-refractivity contribution in [3.8, 4) is 0 Å². The van der Waals surface area contributed by atoms with Crippen molar-refractivity contribution >= 4 is 17.6 Å². The summed E-state index contributed by atoms with van der Waals surface area (Å²) in [6, 6.07) is 0. The highest BCUT2D eigenvalue weighted by Crippen LogP contribution is 2.32. The highest BCUT2D eigenvalue weighted by molar-refractivity contribution is 6.05. The maximum absolute atomic E-state index is 12.0. The van der Waals surface area contributed by atoms with Gasteiger partial charge in [-0.25, -0.2) is 10.8 Å². The molecule has 1 aliphatic rings. The van der Waals surface area contributed by atoms with Gasteiger partial charge in [0.2, 0.25) is 11.8 Å². The molecule has 0 atom stereocenters. The Morgan fingerprint density at radius 3 is 2.56 bits per heavy atom.